The van der Waals surface area contributed by atoms with Gasteiger partial charge in [-0.1, -0.05) is 97.4 Å². The lowest BCUT2D eigenvalue weighted by Crippen LogP contribution is -2.53. The summed E-state index contributed by atoms with van der Waals surface area (Å²) in [5.74, 6) is -0.814. The van der Waals surface area contributed by atoms with Crippen LogP contribution in [0, 0.1) is 13.8 Å². The van der Waals surface area contributed by atoms with Crippen molar-refractivity contribution in [3.63, 3.8) is 0 Å². The van der Waals surface area contributed by atoms with Crippen LogP contribution in [0.2, 0.25) is 5.02 Å². The van der Waals surface area contributed by atoms with Crippen molar-refractivity contribution >= 4 is 39.1 Å². The normalized spacial score (nSPS) is 11.9. The van der Waals surface area contributed by atoms with Crippen LogP contribution in [-0.2, 0) is 32.6 Å². The highest BCUT2D eigenvalue weighted by atomic mass is 35.5. The lowest BCUT2D eigenvalue weighted by atomic mass is 10.0. The molecule has 0 heterocycles. The molecule has 0 aliphatic heterocycles. The number of amides is 2. The van der Waals surface area contributed by atoms with E-state index in [2.05, 4.69) is 5.32 Å². The van der Waals surface area contributed by atoms with Gasteiger partial charge in [0.25, 0.3) is 10.0 Å². The third-order valence-corrected chi connectivity index (χ3v) is 9.67. The smallest absolute Gasteiger partial charge is 0.264 e. The van der Waals surface area contributed by atoms with E-state index in [4.69, 9.17) is 11.6 Å². The molecule has 44 heavy (non-hydrogen) atoms. The maximum atomic E-state index is 14.5. The maximum Gasteiger partial charge on any atom is 0.264 e. The van der Waals surface area contributed by atoms with Crippen molar-refractivity contribution in [3.05, 3.63) is 130 Å². The fraction of sp³-hybridized carbons (Fsp3) is 0.257. The Labute approximate surface area is 265 Å². The fourth-order valence-electron chi connectivity index (χ4n) is 4.88. The van der Waals surface area contributed by atoms with E-state index in [0.29, 0.717) is 11.6 Å². The van der Waals surface area contributed by atoms with Crippen LogP contribution < -0.4 is 9.62 Å². The summed E-state index contributed by atoms with van der Waals surface area (Å²) in [4.78, 5) is 29.8. The molecule has 1 atom stereocenters. The molecule has 0 saturated heterocycles. The summed E-state index contributed by atoms with van der Waals surface area (Å²) in [5, 5.41) is 3.34. The molecule has 7 nitrogen and oxygen atoms in total. The van der Waals surface area contributed by atoms with Crippen molar-refractivity contribution < 1.29 is 18.0 Å². The summed E-state index contributed by atoms with van der Waals surface area (Å²) < 4.78 is 29.2. The summed E-state index contributed by atoms with van der Waals surface area (Å²) in [6, 6.07) is 29.1. The molecule has 0 aromatic heterocycles. The van der Waals surface area contributed by atoms with Crippen LogP contribution in [0.25, 0.3) is 0 Å². The Hall–Kier alpha value is -4.14. The second-order valence-corrected chi connectivity index (χ2v) is 13.0. The standard InChI is InChI=1S/C35H38ClN3O4S/c1-4-21-37-35(41)33(22-28-14-7-5-8-15-28)38(24-29-16-12-11-13-26(29)2)34(40)25-39(30-20-19-27(3)32(36)23-30)44(42,43)31-17-9-6-10-18-31/h5-20,23,33H,4,21-22,24-25H2,1-3H3,(H,37,41)/t33-/m0/s1. The van der Waals surface area contributed by atoms with Crippen molar-refractivity contribution in [3.8, 4) is 0 Å². The Bertz CT molecular complexity index is 1680. The minimum atomic E-state index is -4.19. The number of hydrogen-bond acceptors (Lipinski definition) is 4. The van der Waals surface area contributed by atoms with Crippen molar-refractivity contribution in [2.75, 3.05) is 17.4 Å². The molecule has 9 heteroatoms. The van der Waals surface area contributed by atoms with E-state index < -0.39 is 28.5 Å². The first-order valence-corrected chi connectivity index (χ1v) is 16.4. The summed E-state index contributed by atoms with van der Waals surface area (Å²) >= 11 is 6.44. The first kappa shape index (κ1) is 32.8. The Balaban J connectivity index is 1.81. The first-order valence-electron chi connectivity index (χ1n) is 14.6. The van der Waals surface area contributed by atoms with Crippen LogP contribution in [0.4, 0.5) is 5.69 Å². The molecule has 0 radical (unpaired) electrons. The number of sulfonamides is 1. The van der Waals surface area contributed by atoms with E-state index in [-0.39, 0.29) is 29.5 Å². The average molecular weight is 632 g/mol. The van der Waals surface area contributed by atoms with Gasteiger partial charge in [0.2, 0.25) is 11.8 Å². The molecule has 4 aromatic rings. The van der Waals surface area contributed by atoms with E-state index in [9.17, 15) is 18.0 Å². The Morgan fingerprint density at radius 1 is 0.841 bits per heavy atom. The van der Waals surface area contributed by atoms with Crippen molar-refractivity contribution in [2.24, 2.45) is 0 Å². The zero-order chi connectivity index (χ0) is 31.7. The Kier molecular flexibility index (Phi) is 11.2. The molecule has 230 valence electrons. The lowest BCUT2D eigenvalue weighted by Gasteiger charge is -2.34. The first-order chi connectivity index (χ1) is 21.1. The van der Waals surface area contributed by atoms with Gasteiger partial charge in [0.1, 0.15) is 12.6 Å². The fourth-order valence-corrected chi connectivity index (χ4v) is 6.48. The van der Waals surface area contributed by atoms with Gasteiger partial charge in [0, 0.05) is 24.5 Å². The van der Waals surface area contributed by atoms with Crippen molar-refractivity contribution in [1.82, 2.24) is 10.2 Å². The monoisotopic (exact) mass is 631 g/mol. The summed E-state index contributed by atoms with van der Waals surface area (Å²) in [6.07, 6.45) is 0.989. The van der Waals surface area contributed by atoms with Crippen molar-refractivity contribution in [1.29, 1.82) is 0 Å². The number of aryl methyl sites for hydroxylation is 2. The third-order valence-electron chi connectivity index (χ3n) is 7.48. The van der Waals surface area contributed by atoms with Crippen LogP contribution in [0.15, 0.2) is 108 Å². The number of rotatable bonds is 13. The van der Waals surface area contributed by atoms with E-state index in [1.54, 1.807) is 36.4 Å². The largest absolute Gasteiger partial charge is 0.354 e. The predicted octanol–water partition coefficient (Wildman–Crippen LogP) is 6.32. The summed E-state index contributed by atoms with van der Waals surface area (Å²) in [7, 11) is -4.19. The number of anilines is 1. The molecule has 0 aliphatic rings. The summed E-state index contributed by atoms with van der Waals surface area (Å²) in [6.45, 7) is 5.77. The van der Waals surface area contributed by atoms with Gasteiger partial charge < -0.3 is 10.2 Å². The van der Waals surface area contributed by atoms with Gasteiger partial charge in [-0.05, 0) is 66.8 Å². The number of carbonyl (C=O) groups excluding carboxylic acids is 2. The van der Waals surface area contributed by atoms with E-state index in [0.717, 1.165) is 33.0 Å². The quantitative estimate of drug-likeness (QED) is 0.187. The zero-order valence-corrected chi connectivity index (χ0v) is 26.8. The molecule has 0 saturated carbocycles. The molecule has 0 spiro atoms. The van der Waals surface area contributed by atoms with Crippen LogP contribution in [-0.4, -0.2) is 44.3 Å². The number of nitrogens with zero attached hydrogens (tertiary/aromatic N) is 2. The zero-order valence-electron chi connectivity index (χ0n) is 25.2. The lowest BCUT2D eigenvalue weighted by molar-refractivity contribution is -0.140. The molecular weight excluding hydrogens is 594 g/mol. The van der Waals surface area contributed by atoms with Gasteiger partial charge in [-0.25, -0.2) is 8.42 Å². The molecule has 4 aromatic carbocycles. The highest BCUT2D eigenvalue weighted by Gasteiger charge is 2.34. The second kappa shape index (κ2) is 15.0. The van der Waals surface area contributed by atoms with Gasteiger partial charge in [-0.3, -0.25) is 13.9 Å². The van der Waals surface area contributed by atoms with Gasteiger partial charge >= 0.3 is 0 Å². The summed E-state index contributed by atoms with van der Waals surface area (Å²) in [5.41, 5.74) is 3.72. The highest BCUT2D eigenvalue weighted by Crippen LogP contribution is 2.29. The SMILES string of the molecule is CCCNC(=O)[C@H](Cc1ccccc1)N(Cc1ccccc1C)C(=O)CN(c1ccc(C)c(Cl)c1)S(=O)(=O)c1ccccc1. The molecule has 2 amide bonds. The van der Waals surface area contributed by atoms with Gasteiger partial charge in [0.15, 0.2) is 0 Å². The number of hydrogen-bond donors (Lipinski definition) is 1. The molecule has 4 rings (SSSR count). The van der Waals surface area contributed by atoms with Gasteiger partial charge in [-0.2, -0.15) is 0 Å². The maximum absolute atomic E-state index is 14.5. The van der Waals surface area contributed by atoms with E-state index >= 15 is 0 Å². The predicted molar refractivity (Wildman–Crippen MR) is 176 cm³/mol. The molecule has 0 aliphatic carbocycles. The van der Waals surface area contributed by atoms with Crippen molar-refractivity contribution in [2.45, 2.75) is 51.1 Å². The molecule has 0 fully saturated rings. The Morgan fingerprint density at radius 3 is 2.11 bits per heavy atom. The van der Waals surface area contributed by atoms with Crippen LogP contribution >= 0.6 is 11.6 Å². The van der Waals surface area contributed by atoms with E-state index in [1.165, 1.54) is 17.0 Å². The number of carbonyl (C=O) groups is 2. The third kappa shape index (κ3) is 8.07. The van der Waals surface area contributed by atoms with Crippen LogP contribution in [0.3, 0.4) is 0 Å². The molecular formula is C35H38ClN3O4S. The van der Waals surface area contributed by atoms with Gasteiger partial charge in [-0.15, -0.1) is 0 Å². The highest BCUT2D eigenvalue weighted by molar-refractivity contribution is 7.92. The molecule has 0 bridgehead atoms. The van der Waals surface area contributed by atoms with Crippen LogP contribution in [0.5, 0.6) is 0 Å². The minimum absolute atomic E-state index is 0.0384. The molecule has 1 N–H and O–H groups in total. The number of nitrogens with one attached hydrogen (secondary N) is 1. The van der Waals surface area contributed by atoms with Gasteiger partial charge in [0.05, 0.1) is 10.6 Å². The van der Waals surface area contributed by atoms with Crippen LogP contribution in [0.1, 0.15) is 35.6 Å². The topological polar surface area (TPSA) is 86.8 Å². The molecule has 0 unspecified atom stereocenters. The second-order valence-electron chi connectivity index (χ2n) is 10.7. The minimum Gasteiger partial charge on any atom is -0.354 e. The average Bonchev–Trinajstić information content (AvgIpc) is 3.03. The number of benzene rings is 4. The Morgan fingerprint density at radius 2 is 1.48 bits per heavy atom. The van der Waals surface area contributed by atoms with E-state index in [1.807, 2.05) is 75.4 Å². The number of halogens is 1.